The molecule has 1 saturated carbocycles. The molecule has 96 valence electrons. The van der Waals surface area contributed by atoms with Gasteiger partial charge in [-0.15, -0.1) is 0 Å². The van der Waals surface area contributed by atoms with Gasteiger partial charge in [0.1, 0.15) is 5.69 Å². The van der Waals surface area contributed by atoms with Crippen molar-refractivity contribution in [1.82, 2.24) is 9.47 Å². The second-order valence-corrected chi connectivity index (χ2v) is 6.15. The molecule has 2 aromatic rings. The quantitative estimate of drug-likeness (QED) is 0.732. The number of rotatable bonds is 0. The van der Waals surface area contributed by atoms with E-state index >= 15 is 0 Å². The van der Waals surface area contributed by atoms with Gasteiger partial charge >= 0.3 is 0 Å². The summed E-state index contributed by atoms with van der Waals surface area (Å²) in [4.78, 5) is 14.5. The zero-order valence-corrected chi connectivity index (χ0v) is 12.1. The second-order valence-electron chi connectivity index (χ2n) is 5.30. The van der Waals surface area contributed by atoms with Crippen molar-refractivity contribution in [3.63, 3.8) is 0 Å². The van der Waals surface area contributed by atoms with Crippen LogP contribution in [0.25, 0.3) is 5.69 Å². The topological polar surface area (TPSA) is 25.2 Å². The van der Waals surface area contributed by atoms with Gasteiger partial charge in [-0.1, -0.05) is 12.1 Å². The molecule has 19 heavy (non-hydrogen) atoms. The fraction of sp³-hybridized carbons (Fsp3) is 0.267. The lowest BCUT2D eigenvalue weighted by atomic mass is 10.0. The third kappa shape index (κ3) is 1.30. The van der Waals surface area contributed by atoms with Crippen LogP contribution >= 0.6 is 15.9 Å². The van der Waals surface area contributed by atoms with Crippen LogP contribution in [-0.4, -0.2) is 22.4 Å². The molecule has 0 bridgehead atoms. The van der Waals surface area contributed by atoms with E-state index in [1.54, 1.807) is 0 Å². The zero-order chi connectivity index (χ0) is 13.2. The summed E-state index contributed by atoms with van der Waals surface area (Å²) < 4.78 is 3.04. The normalized spacial score (nSPS) is 19.1. The summed E-state index contributed by atoms with van der Waals surface area (Å²) in [5, 5.41) is 0. The van der Waals surface area contributed by atoms with Gasteiger partial charge in [0.15, 0.2) is 0 Å². The number of carbonyl (C=O) groups is 1. The number of benzene rings is 1. The Morgan fingerprint density at radius 3 is 2.74 bits per heavy atom. The number of amides is 1. The fourth-order valence-corrected chi connectivity index (χ4v) is 3.71. The zero-order valence-electron chi connectivity index (χ0n) is 10.6. The van der Waals surface area contributed by atoms with E-state index in [1.807, 2.05) is 40.9 Å². The van der Waals surface area contributed by atoms with Crippen molar-refractivity contribution in [2.24, 2.45) is 0 Å². The van der Waals surface area contributed by atoms with Crippen LogP contribution in [0.1, 0.15) is 28.9 Å². The maximum Gasteiger partial charge on any atom is 0.271 e. The van der Waals surface area contributed by atoms with Gasteiger partial charge in [0.2, 0.25) is 0 Å². The van der Waals surface area contributed by atoms with Crippen molar-refractivity contribution in [2.45, 2.75) is 18.4 Å². The van der Waals surface area contributed by atoms with E-state index in [-0.39, 0.29) is 11.4 Å². The first-order valence-corrected chi connectivity index (χ1v) is 7.19. The predicted octanol–water partition coefficient (Wildman–Crippen LogP) is 3.31. The van der Waals surface area contributed by atoms with Gasteiger partial charge < -0.3 is 9.47 Å². The number of nitrogens with zero attached hydrogens (tertiary/aromatic N) is 2. The number of hydrogen-bond acceptors (Lipinski definition) is 1. The number of carbonyl (C=O) groups excluding carboxylic acids is 1. The smallest absolute Gasteiger partial charge is 0.271 e. The number of para-hydroxylation sites is 1. The molecule has 1 amide bonds. The minimum atomic E-state index is -0.102. The van der Waals surface area contributed by atoms with Crippen molar-refractivity contribution in [3.05, 3.63) is 52.3 Å². The number of halogens is 1. The van der Waals surface area contributed by atoms with Crippen molar-refractivity contribution in [3.8, 4) is 5.69 Å². The Hall–Kier alpha value is -1.55. The third-order valence-corrected chi connectivity index (χ3v) is 5.01. The lowest BCUT2D eigenvalue weighted by Gasteiger charge is -2.27. The highest BCUT2D eigenvalue weighted by Crippen LogP contribution is 2.54. The van der Waals surface area contributed by atoms with Gasteiger partial charge in [-0.25, -0.2) is 0 Å². The van der Waals surface area contributed by atoms with E-state index in [2.05, 4.69) is 28.1 Å². The van der Waals surface area contributed by atoms with Crippen LogP contribution in [0.3, 0.4) is 0 Å². The van der Waals surface area contributed by atoms with E-state index in [0.29, 0.717) is 0 Å². The third-order valence-electron chi connectivity index (χ3n) is 4.37. The molecule has 2 aliphatic rings. The molecule has 0 N–H and O–H groups in total. The summed E-state index contributed by atoms with van der Waals surface area (Å²) >= 11 is 3.64. The second kappa shape index (κ2) is 3.51. The summed E-state index contributed by atoms with van der Waals surface area (Å²) in [6.07, 6.45) is 4.05. The first kappa shape index (κ1) is 11.3. The molecule has 1 spiro atoms. The molecule has 0 atom stereocenters. The van der Waals surface area contributed by atoms with Crippen LogP contribution in [0.4, 0.5) is 0 Å². The van der Waals surface area contributed by atoms with Gasteiger partial charge in [-0.2, -0.15) is 0 Å². The lowest BCUT2D eigenvalue weighted by molar-refractivity contribution is 0.0705. The Morgan fingerprint density at radius 1 is 1.21 bits per heavy atom. The van der Waals surface area contributed by atoms with E-state index < -0.39 is 0 Å². The average Bonchev–Trinajstić information content (AvgIpc) is 3.09. The standard InChI is InChI=1S/C15H13BrN2O/c1-17-14(19)12-6-3-9-18(12)13-10(15(17)7-8-15)4-2-5-11(13)16/h2-6,9H,7-8H2,1H3. The van der Waals surface area contributed by atoms with Crippen LogP contribution < -0.4 is 0 Å². The highest BCUT2D eigenvalue weighted by molar-refractivity contribution is 9.10. The van der Waals surface area contributed by atoms with Crippen molar-refractivity contribution < 1.29 is 4.79 Å². The average molecular weight is 317 g/mol. The van der Waals surface area contributed by atoms with Crippen molar-refractivity contribution in [2.75, 3.05) is 7.05 Å². The van der Waals surface area contributed by atoms with Crippen LogP contribution in [0, 0.1) is 0 Å². The number of fused-ring (bicyclic) bond motifs is 4. The highest BCUT2D eigenvalue weighted by Gasteiger charge is 2.53. The van der Waals surface area contributed by atoms with Crippen LogP contribution in [0.2, 0.25) is 0 Å². The SMILES string of the molecule is CN1C(=O)c2cccn2-c2c(Br)cccc2C12CC2. The first-order valence-electron chi connectivity index (χ1n) is 6.40. The molecule has 1 aromatic heterocycles. The monoisotopic (exact) mass is 316 g/mol. The van der Waals surface area contributed by atoms with E-state index in [1.165, 1.54) is 5.56 Å². The Balaban J connectivity index is 2.12. The molecule has 0 radical (unpaired) electrons. The lowest BCUT2D eigenvalue weighted by Crippen LogP contribution is -2.36. The van der Waals surface area contributed by atoms with Crippen LogP contribution in [0.15, 0.2) is 41.0 Å². The number of hydrogen-bond donors (Lipinski definition) is 0. The maximum atomic E-state index is 12.6. The maximum absolute atomic E-state index is 12.6. The molecule has 1 aromatic carbocycles. The molecule has 1 fully saturated rings. The summed E-state index contributed by atoms with van der Waals surface area (Å²) in [7, 11) is 1.92. The molecule has 4 rings (SSSR count). The van der Waals surface area contributed by atoms with Gasteiger partial charge in [-0.3, -0.25) is 4.79 Å². The largest absolute Gasteiger partial charge is 0.331 e. The van der Waals surface area contributed by atoms with E-state index in [0.717, 1.165) is 28.7 Å². The van der Waals surface area contributed by atoms with Crippen LogP contribution in [-0.2, 0) is 5.54 Å². The molecule has 0 unspecified atom stereocenters. The summed E-state index contributed by atoms with van der Waals surface area (Å²) in [5.74, 6) is 0.102. The van der Waals surface area contributed by atoms with Crippen molar-refractivity contribution >= 4 is 21.8 Å². The molecular formula is C15H13BrN2O. The fourth-order valence-electron chi connectivity index (χ4n) is 3.16. The van der Waals surface area contributed by atoms with Crippen molar-refractivity contribution in [1.29, 1.82) is 0 Å². The van der Waals surface area contributed by atoms with Gasteiger partial charge in [0, 0.05) is 23.3 Å². The minimum Gasteiger partial charge on any atom is -0.331 e. The van der Waals surface area contributed by atoms with E-state index in [4.69, 9.17) is 0 Å². The summed E-state index contributed by atoms with van der Waals surface area (Å²) in [6.45, 7) is 0. The highest BCUT2D eigenvalue weighted by atomic mass is 79.9. The van der Waals surface area contributed by atoms with Gasteiger partial charge in [0.25, 0.3) is 5.91 Å². The molecule has 3 nitrogen and oxygen atoms in total. The Kier molecular flexibility index (Phi) is 2.09. The first-order chi connectivity index (χ1) is 9.15. The molecule has 1 aliphatic carbocycles. The van der Waals surface area contributed by atoms with Crippen LogP contribution in [0.5, 0.6) is 0 Å². The Morgan fingerprint density at radius 2 is 2.00 bits per heavy atom. The predicted molar refractivity (Wildman–Crippen MR) is 76.5 cm³/mol. The Labute approximate surface area is 120 Å². The summed E-state index contributed by atoms with van der Waals surface area (Å²) in [6, 6.07) is 10.1. The van der Waals surface area contributed by atoms with Gasteiger partial charge in [-0.05, 0) is 47.0 Å². The molecule has 4 heteroatoms. The molecule has 0 saturated heterocycles. The van der Waals surface area contributed by atoms with Gasteiger partial charge in [0.05, 0.1) is 11.2 Å². The molecular weight excluding hydrogens is 304 g/mol. The minimum absolute atomic E-state index is 0.102. The Bertz CT molecular complexity index is 700. The summed E-state index contributed by atoms with van der Waals surface area (Å²) in [5.41, 5.74) is 2.99. The van der Waals surface area contributed by atoms with E-state index in [9.17, 15) is 4.79 Å². The molecule has 2 heterocycles. The molecule has 1 aliphatic heterocycles. The number of aromatic nitrogens is 1.